The van der Waals surface area contributed by atoms with E-state index in [1.54, 1.807) is 6.07 Å². The van der Waals surface area contributed by atoms with Gasteiger partial charge in [0.25, 0.3) is 0 Å². The van der Waals surface area contributed by atoms with Crippen molar-refractivity contribution in [3.05, 3.63) is 62.9 Å². The van der Waals surface area contributed by atoms with Crippen LogP contribution in [0.15, 0.2) is 36.4 Å². The van der Waals surface area contributed by atoms with E-state index >= 15 is 0 Å². The van der Waals surface area contributed by atoms with Crippen LogP contribution in [0, 0.1) is 0 Å². The summed E-state index contributed by atoms with van der Waals surface area (Å²) in [5.74, 6) is 0. The van der Waals surface area contributed by atoms with Crippen molar-refractivity contribution in [1.82, 2.24) is 9.88 Å². The second-order valence-electron chi connectivity index (χ2n) is 4.75. The molecule has 0 aliphatic rings. The summed E-state index contributed by atoms with van der Waals surface area (Å²) >= 11 is 17.8. The van der Waals surface area contributed by atoms with E-state index in [4.69, 9.17) is 34.8 Å². The molecule has 1 heterocycles. The molecule has 1 aromatic carbocycles. The molecule has 112 valence electrons. The van der Waals surface area contributed by atoms with E-state index in [9.17, 15) is 5.11 Å². The molecule has 6 heteroatoms. The average Bonchev–Trinajstić information content (AvgIpc) is 2.45. The molecule has 0 aliphatic carbocycles. The number of benzene rings is 1. The highest BCUT2D eigenvalue weighted by Crippen LogP contribution is 2.25. The highest BCUT2D eigenvalue weighted by Gasteiger charge is 2.17. The summed E-state index contributed by atoms with van der Waals surface area (Å²) in [6, 6.07) is 10.8. The van der Waals surface area contributed by atoms with Crippen LogP contribution in [0.3, 0.4) is 0 Å². The van der Waals surface area contributed by atoms with Gasteiger partial charge in [0.05, 0.1) is 12.6 Å². The van der Waals surface area contributed by atoms with Crippen molar-refractivity contribution in [2.45, 2.75) is 12.6 Å². The first kappa shape index (κ1) is 16.5. The number of halogens is 3. The molecule has 1 aromatic heterocycles. The van der Waals surface area contributed by atoms with Gasteiger partial charge in [-0.25, -0.2) is 4.98 Å². The van der Waals surface area contributed by atoms with E-state index in [1.165, 1.54) is 0 Å². The second kappa shape index (κ2) is 7.43. The molecule has 3 nitrogen and oxygen atoms in total. The van der Waals surface area contributed by atoms with Gasteiger partial charge < -0.3 is 5.11 Å². The third-order valence-electron chi connectivity index (χ3n) is 3.27. The molecule has 2 aromatic rings. The van der Waals surface area contributed by atoms with Crippen molar-refractivity contribution in [2.75, 3.05) is 13.7 Å². The third kappa shape index (κ3) is 4.31. The molecule has 21 heavy (non-hydrogen) atoms. The molecule has 1 N–H and O–H groups in total. The van der Waals surface area contributed by atoms with E-state index in [1.807, 2.05) is 42.3 Å². The maximum atomic E-state index is 9.67. The van der Waals surface area contributed by atoms with Crippen molar-refractivity contribution < 1.29 is 5.11 Å². The van der Waals surface area contributed by atoms with Gasteiger partial charge in [-0.2, -0.15) is 0 Å². The number of hydrogen-bond donors (Lipinski definition) is 1. The van der Waals surface area contributed by atoms with Crippen LogP contribution >= 0.6 is 34.8 Å². The van der Waals surface area contributed by atoms with E-state index in [0.717, 1.165) is 11.1 Å². The number of pyridine rings is 1. The standard InChI is InChI=1S/C15H15Cl3N2O/c1-20(8-11-4-7-14(17)19-15(11)18)13(9-21)10-2-5-12(16)6-3-10/h2-7,13,21H,8-9H2,1H3. The Balaban J connectivity index is 2.16. The topological polar surface area (TPSA) is 36.4 Å². The molecular formula is C15H15Cl3N2O. The van der Waals surface area contributed by atoms with Crippen LogP contribution in [-0.2, 0) is 6.54 Å². The Labute approximate surface area is 139 Å². The molecule has 0 aliphatic heterocycles. The highest BCUT2D eigenvalue weighted by atomic mass is 35.5. The Bertz CT molecular complexity index is 604. The first-order valence-electron chi connectivity index (χ1n) is 6.38. The van der Waals surface area contributed by atoms with Gasteiger partial charge in [-0.15, -0.1) is 0 Å². The van der Waals surface area contributed by atoms with Gasteiger partial charge in [-0.05, 0) is 30.8 Å². The van der Waals surface area contributed by atoms with Gasteiger partial charge in [0, 0.05) is 17.1 Å². The normalized spacial score (nSPS) is 12.7. The van der Waals surface area contributed by atoms with Crippen LogP contribution in [0.5, 0.6) is 0 Å². The maximum absolute atomic E-state index is 9.67. The molecule has 0 radical (unpaired) electrons. The molecule has 0 saturated heterocycles. The number of aliphatic hydroxyl groups excluding tert-OH is 1. The second-order valence-corrected chi connectivity index (χ2v) is 5.93. The first-order chi connectivity index (χ1) is 10.0. The van der Waals surface area contributed by atoms with Gasteiger partial charge >= 0.3 is 0 Å². The van der Waals surface area contributed by atoms with Crippen molar-refractivity contribution in [3.63, 3.8) is 0 Å². The first-order valence-corrected chi connectivity index (χ1v) is 7.52. The molecule has 1 unspecified atom stereocenters. The van der Waals surface area contributed by atoms with Gasteiger partial charge in [0.1, 0.15) is 10.3 Å². The molecule has 0 amide bonds. The Kier molecular flexibility index (Phi) is 5.85. The Morgan fingerprint density at radius 1 is 1.10 bits per heavy atom. The Morgan fingerprint density at radius 3 is 2.33 bits per heavy atom. The van der Waals surface area contributed by atoms with Crippen LogP contribution in [0.25, 0.3) is 0 Å². The third-order valence-corrected chi connectivity index (χ3v) is 4.06. The Hall–Kier alpha value is -0.840. The smallest absolute Gasteiger partial charge is 0.135 e. The summed E-state index contributed by atoms with van der Waals surface area (Å²) in [6.45, 7) is 0.549. The lowest BCUT2D eigenvalue weighted by Crippen LogP contribution is -2.27. The predicted octanol–water partition coefficient (Wildman–Crippen LogP) is 4.21. The van der Waals surface area contributed by atoms with Crippen LogP contribution in [0.2, 0.25) is 15.3 Å². The van der Waals surface area contributed by atoms with Gasteiger partial charge in [-0.1, -0.05) is 53.0 Å². The van der Waals surface area contributed by atoms with Gasteiger partial charge in [0.15, 0.2) is 0 Å². The van der Waals surface area contributed by atoms with Crippen molar-refractivity contribution in [1.29, 1.82) is 0 Å². The molecule has 0 fully saturated rings. The molecule has 0 bridgehead atoms. The minimum absolute atomic E-state index is 0.00320. The van der Waals surface area contributed by atoms with Gasteiger partial charge in [0.2, 0.25) is 0 Å². The minimum atomic E-state index is -0.144. The largest absolute Gasteiger partial charge is 0.394 e. The Morgan fingerprint density at radius 2 is 1.76 bits per heavy atom. The van der Waals surface area contributed by atoms with Crippen LogP contribution < -0.4 is 0 Å². The monoisotopic (exact) mass is 344 g/mol. The zero-order valence-corrected chi connectivity index (χ0v) is 13.7. The molecule has 2 rings (SSSR count). The van der Waals surface area contributed by atoms with E-state index < -0.39 is 0 Å². The summed E-state index contributed by atoms with van der Waals surface area (Å²) in [4.78, 5) is 6.02. The fraction of sp³-hybridized carbons (Fsp3) is 0.267. The van der Waals surface area contributed by atoms with Crippen molar-refractivity contribution in [3.8, 4) is 0 Å². The summed E-state index contributed by atoms with van der Waals surface area (Å²) < 4.78 is 0. The summed E-state index contributed by atoms with van der Waals surface area (Å²) in [7, 11) is 1.92. The SMILES string of the molecule is CN(Cc1ccc(Cl)nc1Cl)C(CO)c1ccc(Cl)cc1. The van der Waals surface area contributed by atoms with E-state index in [0.29, 0.717) is 21.9 Å². The maximum Gasteiger partial charge on any atom is 0.135 e. The van der Waals surface area contributed by atoms with Crippen molar-refractivity contribution >= 4 is 34.8 Å². The van der Waals surface area contributed by atoms with Crippen LogP contribution in [0.1, 0.15) is 17.2 Å². The zero-order valence-electron chi connectivity index (χ0n) is 11.4. The summed E-state index contributed by atoms with van der Waals surface area (Å²) in [5, 5.41) is 11.1. The lowest BCUT2D eigenvalue weighted by Gasteiger charge is -2.27. The van der Waals surface area contributed by atoms with Crippen LogP contribution in [-0.4, -0.2) is 28.6 Å². The number of likely N-dealkylation sites (N-methyl/N-ethyl adjacent to an activating group) is 1. The van der Waals surface area contributed by atoms with Crippen molar-refractivity contribution in [2.24, 2.45) is 0 Å². The van der Waals surface area contributed by atoms with E-state index in [2.05, 4.69) is 4.98 Å². The fourth-order valence-corrected chi connectivity index (χ4v) is 2.65. The zero-order chi connectivity index (χ0) is 15.4. The number of nitrogens with zero attached hydrogens (tertiary/aromatic N) is 2. The van der Waals surface area contributed by atoms with Crippen LogP contribution in [0.4, 0.5) is 0 Å². The molecular weight excluding hydrogens is 331 g/mol. The highest BCUT2D eigenvalue weighted by molar-refractivity contribution is 6.32. The summed E-state index contributed by atoms with van der Waals surface area (Å²) in [6.07, 6.45) is 0. The number of aromatic nitrogens is 1. The number of rotatable bonds is 5. The number of hydrogen-bond acceptors (Lipinski definition) is 3. The predicted molar refractivity (Wildman–Crippen MR) is 87.0 cm³/mol. The quantitative estimate of drug-likeness (QED) is 0.825. The van der Waals surface area contributed by atoms with Gasteiger partial charge in [-0.3, -0.25) is 4.90 Å². The minimum Gasteiger partial charge on any atom is -0.394 e. The lowest BCUT2D eigenvalue weighted by molar-refractivity contribution is 0.142. The molecule has 0 saturated carbocycles. The average molecular weight is 346 g/mol. The lowest BCUT2D eigenvalue weighted by atomic mass is 10.1. The fourth-order valence-electron chi connectivity index (χ4n) is 2.12. The molecule has 1 atom stereocenters. The summed E-state index contributed by atoms with van der Waals surface area (Å²) in [5.41, 5.74) is 1.85. The molecule has 0 spiro atoms. The van der Waals surface area contributed by atoms with E-state index in [-0.39, 0.29) is 12.6 Å². The number of aliphatic hydroxyl groups is 1.